The summed E-state index contributed by atoms with van der Waals surface area (Å²) >= 11 is 0. The molecular weight excluding hydrogens is 434 g/mol. The Hall–Kier alpha value is -3.30. The lowest BCUT2D eigenvalue weighted by atomic mass is 10.0. The maximum absolute atomic E-state index is 12.9. The minimum Gasteiger partial charge on any atom is -0.287 e. The van der Waals surface area contributed by atoms with Crippen molar-refractivity contribution in [2.24, 2.45) is 0 Å². The van der Waals surface area contributed by atoms with E-state index in [0.29, 0.717) is 6.54 Å². The van der Waals surface area contributed by atoms with Gasteiger partial charge >= 0.3 is 0 Å². The largest absolute Gasteiger partial charge is 0.287 e. The number of fused-ring (bicyclic) bond motifs is 3. The maximum atomic E-state index is 12.9. The second-order valence-corrected chi connectivity index (χ2v) is 7.22. The van der Waals surface area contributed by atoms with Crippen LogP contribution in [0.4, 0.5) is 0 Å². The molecule has 0 aliphatic heterocycles. The van der Waals surface area contributed by atoms with E-state index in [9.17, 15) is 4.79 Å². The van der Waals surface area contributed by atoms with Crippen molar-refractivity contribution in [1.29, 1.82) is 0 Å². The highest BCUT2D eigenvalue weighted by Crippen LogP contribution is 2.23. The number of aromatic nitrogens is 1. The molecule has 0 atom stereocenters. The zero-order chi connectivity index (χ0) is 19.6. The molecule has 0 bridgehead atoms. The molecule has 1 aromatic heterocycles. The predicted octanol–water partition coefficient (Wildman–Crippen LogP) is 6.41. The highest BCUT2D eigenvalue weighted by Gasteiger charge is 2.16. The van der Waals surface area contributed by atoms with Crippen LogP contribution in [0.3, 0.4) is 0 Å². The molecule has 0 saturated carbocycles. The van der Waals surface area contributed by atoms with Crippen LogP contribution in [0.2, 0.25) is 0 Å². The summed E-state index contributed by atoms with van der Waals surface area (Å²) in [7, 11) is 0. The number of pyridine rings is 1. The van der Waals surface area contributed by atoms with Crippen LogP contribution >= 0.6 is 17.0 Å². The molecule has 5 rings (SSSR count). The van der Waals surface area contributed by atoms with Crippen LogP contribution in [0.5, 0.6) is 0 Å². The first-order valence-electron chi connectivity index (χ1n) is 9.78. The zero-order valence-corrected chi connectivity index (χ0v) is 18.1. The Morgan fingerprint density at radius 2 is 1.30 bits per heavy atom. The highest BCUT2D eigenvalue weighted by atomic mass is 79.9. The molecule has 0 aliphatic rings. The molecule has 4 aromatic carbocycles. The fourth-order valence-electron chi connectivity index (χ4n) is 3.90. The lowest BCUT2D eigenvalue weighted by Crippen LogP contribution is -2.38. The highest BCUT2D eigenvalue weighted by molar-refractivity contribution is 8.93. The van der Waals surface area contributed by atoms with Gasteiger partial charge in [0.2, 0.25) is 17.8 Å². The van der Waals surface area contributed by atoms with Crippen molar-refractivity contribution in [2.45, 2.75) is 6.54 Å². The summed E-state index contributed by atoms with van der Waals surface area (Å²) in [5.74, 6) is 0.107. The van der Waals surface area contributed by atoms with Gasteiger partial charge in [-0.05, 0) is 34.0 Å². The third-order valence-electron chi connectivity index (χ3n) is 5.41. The van der Waals surface area contributed by atoms with Crippen molar-refractivity contribution >= 4 is 44.4 Å². The van der Waals surface area contributed by atoms with Crippen molar-refractivity contribution in [3.63, 3.8) is 0 Å². The lowest BCUT2D eigenvalue weighted by molar-refractivity contribution is -0.657. The number of hydrogen-bond donors (Lipinski definition) is 0. The van der Waals surface area contributed by atoms with E-state index in [1.807, 2.05) is 65.4 Å². The van der Waals surface area contributed by atoms with E-state index in [1.54, 1.807) is 0 Å². The summed E-state index contributed by atoms with van der Waals surface area (Å²) in [5, 5.41) is 3.58. The molecule has 5 aromatic rings. The number of benzene rings is 4. The first-order valence-corrected chi connectivity index (χ1v) is 9.78. The van der Waals surface area contributed by atoms with Gasteiger partial charge in [-0.2, -0.15) is 4.57 Å². The van der Waals surface area contributed by atoms with Crippen molar-refractivity contribution in [3.8, 4) is 11.1 Å². The molecule has 0 amide bonds. The fourth-order valence-corrected chi connectivity index (χ4v) is 3.90. The van der Waals surface area contributed by atoms with Crippen molar-refractivity contribution in [1.82, 2.24) is 0 Å². The number of ketones is 1. The number of hydrogen-bond acceptors (Lipinski definition) is 1. The van der Waals surface area contributed by atoms with Gasteiger partial charge in [0.15, 0.2) is 6.20 Å². The molecule has 0 aliphatic carbocycles. The van der Waals surface area contributed by atoms with Crippen LogP contribution in [0.15, 0.2) is 109 Å². The lowest BCUT2D eigenvalue weighted by Gasteiger charge is -2.06. The van der Waals surface area contributed by atoms with Gasteiger partial charge in [-0.3, -0.25) is 4.79 Å². The minimum atomic E-state index is 0. The molecule has 0 radical (unpaired) electrons. The van der Waals surface area contributed by atoms with Crippen molar-refractivity contribution in [3.05, 3.63) is 115 Å². The average molecular weight is 455 g/mol. The van der Waals surface area contributed by atoms with Gasteiger partial charge in [0.1, 0.15) is 0 Å². The van der Waals surface area contributed by atoms with Gasteiger partial charge < -0.3 is 0 Å². The van der Waals surface area contributed by atoms with E-state index in [2.05, 4.69) is 48.5 Å². The normalized spacial score (nSPS) is 10.7. The van der Waals surface area contributed by atoms with Crippen molar-refractivity contribution < 1.29 is 9.36 Å². The van der Waals surface area contributed by atoms with Gasteiger partial charge in [-0.1, -0.05) is 78.9 Å². The smallest absolute Gasteiger partial charge is 0.227 e. The van der Waals surface area contributed by atoms with Gasteiger partial charge in [0, 0.05) is 17.7 Å². The Bertz CT molecular complexity index is 1330. The first kappa shape index (κ1) is 20.0. The Kier molecular flexibility index (Phi) is 5.73. The molecule has 0 N–H and O–H groups in total. The molecule has 3 heteroatoms. The molecule has 0 unspecified atom stereocenters. The number of halogens is 1. The van der Waals surface area contributed by atoms with Crippen LogP contribution in [0.1, 0.15) is 10.4 Å². The van der Waals surface area contributed by atoms with Gasteiger partial charge in [0.25, 0.3) is 0 Å². The summed E-state index contributed by atoms with van der Waals surface area (Å²) < 4.78 is 2.04. The van der Waals surface area contributed by atoms with E-state index in [-0.39, 0.29) is 22.8 Å². The average Bonchev–Trinajstić information content (AvgIpc) is 2.80. The standard InChI is InChI=1S/C27H20NO.BrH/c29-27(23-14-12-21(13-15-23)20-7-2-1-3-8-20)19-28-18-6-11-25-24-10-5-4-9-22(24)16-17-26(25)28;/h1-18H,19H2;1H/q+1;. The van der Waals surface area contributed by atoms with Crippen molar-refractivity contribution in [2.75, 3.05) is 0 Å². The van der Waals surface area contributed by atoms with Crippen LogP contribution in [-0.4, -0.2) is 5.78 Å². The van der Waals surface area contributed by atoms with Crippen LogP contribution in [-0.2, 0) is 6.54 Å². The number of nitrogens with zero attached hydrogens (tertiary/aromatic N) is 1. The molecule has 30 heavy (non-hydrogen) atoms. The number of rotatable bonds is 4. The third kappa shape index (κ3) is 3.77. The van der Waals surface area contributed by atoms with Crippen LogP contribution < -0.4 is 4.57 Å². The van der Waals surface area contributed by atoms with Crippen LogP contribution in [0.25, 0.3) is 32.8 Å². The Morgan fingerprint density at radius 3 is 2.10 bits per heavy atom. The topological polar surface area (TPSA) is 20.9 Å². The zero-order valence-electron chi connectivity index (χ0n) is 16.4. The SMILES string of the molecule is Br.O=C(C[n+]1cccc2c3ccccc3ccc21)c1ccc(-c2ccccc2)cc1. The molecule has 0 spiro atoms. The van der Waals surface area contributed by atoms with E-state index in [0.717, 1.165) is 27.6 Å². The summed E-state index contributed by atoms with van der Waals surface area (Å²) in [6.45, 7) is 0.320. The monoisotopic (exact) mass is 454 g/mol. The predicted molar refractivity (Wildman–Crippen MR) is 128 cm³/mol. The third-order valence-corrected chi connectivity index (χ3v) is 5.41. The van der Waals surface area contributed by atoms with Crippen LogP contribution in [0, 0.1) is 0 Å². The summed E-state index contributed by atoms with van der Waals surface area (Å²) in [6, 6.07) is 34.8. The second-order valence-electron chi connectivity index (χ2n) is 7.22. The summed E-state index contributed by atoms with van der Waals surface area (Å²) in [5.41, 5.74) is 4.07. The number of carbonyl (C=O) groups is 1. The maximum Gasteiger partial charge on any atom is 0.227 e. The Labute approximate surface area is 186 Å². The van der Waals surface area contributed by atoms with Gasteiger partial charge in [0.05, 0.1) is 5.39 Å². The van der Waals surface area contributed by atoms with E-state index < -0.39 is 0 Å². The minimum absolute atomic E-state index is 0. The molecule has 1 heterocycles. The number of carbonyl (C=O) groups excluding carboxylic acids is 1. The molecule has 146 valence electrons. The Balaban J connectivity index is 0.00000218. The molecule has 0 saturated heterocycles. The fraction of sp³-hybridized carbons (Fsp3) is 0.0370. The first-order chi connectivity index (χ1) is 14.3. The second kappa shape index (κ2) is 8.60. The van der Waals surface area contributed by atoms with Gasteiger partial charge in [-0.15, -0.1) is 17.0 Å². The molecule has 0 fully saturated rings. The Morgan fingerprint density at radius 1 is 0.633 bits per heavy atom. The summed E-state index contributed by atoms with van der Waals surface area (Å²) in [6.07, 6.45) is 1.98. The number of Topliss-reactive ketones (excluding diaryl/α,β-unsaturated/α-hetero) is 1. The van der Waals surface area contributed by atoms with E-state index in [4.69, 9.17) is 0 Å². The molecule has 2 nitrogen and oxygen atoms in total. The molecular formula is C27H21BrNO+. The van der Waals surface area contributed by atoms with Gasteiger partial charge in [-0.25, -0.2) is 0 Å². The quantitative estimate of drug-likeness (QED) is 0.174. The summed E-state index contributed by atoms with van der Waals surface area (Å²) in [4.78, 5) is 12.9. The van der Waals surface area contributed by atoms with E-state index in [1.165, 1.54) is 10.8 Å². The van der Waals surface area contributed by atoms with E-state index >= 15 is 0 Å².